The van der Waals surface area contributed by atoms with Gasteiger partial charge in [0.2, 0.25) is 5.91 Å². The molecule has 2 fully saturated rings. The van der Waals surface area contributed by atoms with Gasteiger partial charge in [0.1, 0.15) is 6.61 Å². The summed E-state index contributed by atoms with van der Waals surface area (Å²) >= 11 is 0. The standard InChI is InChI=1S/C19H27N3O3/c1-21(17-7-10-20-13-17)18(23)16-8-11-22(12-9-16)19(24)25-14-15-5-3-2-4-6-15/h2-6,16-17,20H,7-14H2,1H3. The summed E-state index contributed by atoms with van der Waals surface area (Å²) in [6, 6.07) is 9.97. The molecule has 6 heteroatoms. The molecule has 0 saturated carbocycles. The molecule has 3 rings (SSSR count). The predicted molar refractivity (Wildman–Crippen MR) is 95.0 cm³/mol. The van der Waals surface area contributed by atoms with E-state index in [-0.39, 0.29) is 24.5 Å². The Kier molecular flexibility index (Phi) is 5.91. The zero-order valence-electron chi connectivity index (χ0n) is 14.8. The van der Waals surface area contributed by atoms with Crippen LogP contribution in [0.25, 0.3) is 0 Å². The van der Waals surface area contributed by atoms with E-state index in [1.807, 2.05) is 42.3 Å². The van der Waals surface area contributed by atoms with Crippen molar-refractivity contribution < 1.29 is 14.3 Å². The van der Waals surface area contributed by atoms with Gasteiger partial charge in [-0.05, 0) is 31.4 Å². The largest absolute Gasteiger partial charge is 0.445 e. The van der Waals surface area contributed by atoms with E-state index in [1.54, 1.807) is 4.90 Å². The van der Waals surface area contributed by atoms with Crippen LogP contribution in [0.3, 0.4) is 0 Å². The van der Waals surface area contributed by atoms with Crippen LogP contribution in [0.15, 0.2) is 30.3 Å². The average Bonchev–Trinajstić information content (AvgIpc) is 3.20. The van der Waals surface area contributed by atoms with Crippen LogP contribution in [-0.2, 0) is 16.1 Å². The Morgan fingerprint density at radius 1 is 1.20 bits per heavy atom. The van der Waals surface area contributed by atoms with Gasteiger partial charge in [0.15, 0.2) is 0 Å². The molecule has 2 saturated heterocycles. The summed E-state index contributed by atoms with van der Waals surface area (Å²) in [6.07, 6.45) is 2.16. The van der Waals surface area contributed by atoms with Crippen molar-refractivity contribution in [1.82, 2.24) is 15.1 Å². The summed E-state index contributed by atoms with van der Waals surface area (Å²) in [5, 5.41) is 3.30. The monoisotopic (exact) mass is 345 g/mol. The zero-order valence-corrected chi connectivity index (χ0v) is 14.8. The number of rotatable bonds is 4. The normalized spacial score (nSPS) is 21.2. The van der Waals surface area contributed by atoms with Gasteiger partial charge in [-0.1, -0.05) is 30.3 Å². The van der Waals surface area contributed by atoms with Crippen LogP contribution in [0.5, 0.6) is 0 Å². The number of nitrogens with zero attached hydrogens (tertiary/aromatic N) is 2. The summed E-state index contributed by atoms with van der Waals surface area (Å²) in [6.45, 7) is 3.32. The lowest BCUT2D eigenvalue weighted by Crippen LogP contribution is -2.46. The number of likely N-dealkylation sites (N-methyl/N-ethyl adjacent to an activating group) is 1. The molecular formula is C19H27N3O3. The number of hydrogen-bond donors (Lipinski definition) is 1. The van der Waals surface area contributed by atoms with Crippen molar-refractivity contribution in [2.24, 2.45) is 5.92 Å². The van der Waals surface area contributed by atoms with Crippen molar-refractivity contribution in [3.05, 3.63) is 35.9 Å². The van der Waals surface area contributed by atoms with Crippen molar-refractivity contribution in [2.75, 3.05) is 33.2 Å². The van der Waals surface area contributed by atoms with Gasteiger partial charge in [0.25, 0.3) is 0 Å². The van der Waals surface area contributed by atoms with Crippen molar-refractivity contribution >= 4 is 12.0 Å². The van der Waals surface area contributed by atoms with Gasteiger partial charge in [-0.2, -0.15) is 0 Å². The molecule has 136 valence electrons. The van der Waals surface area contributed by atoms with Gasteiger partial charge in [-0.3, -0.25) is 4.79 Å². The molecule has 1 aromatic carbocycles. The van der Waals surface area contributed by atoms with Gasteiger partial charge < -0.3 is 19.9 Å². The Hall–Kier alpha value is -2.08. The third kappa shape index (κ3) is 4.51. The lowest BCUT2D eigenvalue weighted by atomic mass is 9.95. The van der Waals surface area contributed by atoms with E-state index in [4.69, 9.17) is 4.74 Å². The van der Waals surface area contributed by atoms with E-state index in [0.29, 0.717) is 32.0 Å². The number of likely N-dealkylation sites (tertiary alicyclic amines) is 1. The van der Waals surface area contributed by atoms with E-state index < -0.39 is 0 Å². The molecule has 1 N–H and O–H groups in total. The first-order valence-electron chi connectivity index (χ1n) is 9.08. The van der Waals surface area contributed by atoms with Crippen molar-refractivity contribution in [3.63, 3.8) is 0 Å². The Labute approximate surface area is 149 Å². The number of carbonyl (C=O) groups is 2. The number of piperidine rings is 1. The van der Waals surface area contributed by atoms with Crippen LogP contribution in [-0.4, -0.2) is 61.1 Å². The highest BCUT2D eigenvalue weighted by Gasteiger charge is 2.32. The summed E-state index contributed by atoms with van der Waals surface area (Å²) in [4.78, 5) is 28.4. The third-order valence-corrected chi connectivity index (χ3v) is 5.24. The smallest absolute Gasteiger partial charge is 0.410 e. The summed E-state index contributed by atoms with van der Waals surface area (Å²) in [5.41, 5.74) is 0.979. The van der Waals surface area contributed by atoms with E-state index in [2.05, 4.69) is 5.32 Å². The SMILES string of the molecule is CN(C(=O)C1CCN(C(=O)OCc2ccccc2)CC1)C1CCNC1. The first-order valence-corrected chi connectivity index (χ1v) is 9.08. The molecule has 0 bridgehead atoms. The van der Waals surface area contributed by atoms with Crippen LogP contribution in [0.1, 0.15) is 24.8 Å². The molecule has 2 amide bonds. The molecule has 6 nitrogen and oxygen atoms in total. The highest BCUT2D eigenvalue weighted by Crippen LogP contribution is 2.22. The van der Waals surface area contributed by atoms with Gasteiger partial charge in [0.05, 0.1) is 0 Å². The average molecular weight is 345 g/mol. The van der Waals surface area contributed by atoms with Gasteiger partial charge in [0, 0.05) is 38.6 Å². The number of carbonyl (C=O) groups excluding carboxylic acids is 2. The van der Waals surface area contributed by atoms with E-state index >= 15 is 0 Å². The molecule has 1 unspecified atom stereocenters. The summed E-state index contributed by atoms with van der Waals surface area (Å²) in [7, 11) is 1.90. The van der Waals surface area contributed by atoms with Crippen molar-refractivity contribution in [2.45, 2.75) is 31.9 Å². The maximum absolute atomic E-state index is 12.6. The molecule has 1 aromatic rings. The molecule has 0 spiro atoms. The quantitative estimate of drug-likeness (QED) is 0.905. The highest BCUT2D eigenvalue weighted by atomic mass is 16.6. The Balaban J connectivity index is 1.43. The van der Waals surface area contributed by atoms with Gasteiger partial charge in [-0.15, -0.1) is 0 Å². The number of benzene rings is 1. The molecule has 0 radical (unpaired) electrons. The predicted octanol–water partition coefficient (Wildman–Crippen LogP) is 1.86. The second-order valence-electron chi connectivity index (χ2n) is 6.90. The van der Waals surface area contributed by atoms with Gasteiger partial charge in [-0.25, -0.2) is 4.79 Å². The van der Waals surface area contributed by atoms with Crippen molar-refractivity contribution in [3.8, 4) is 0 Å². The van der Waals surface area contributed by atoms with Crippen LogP contribution >= 0.6 is 0 Å². The number of hydrogen-bond acceptors (Lipinski definition) is 4. The molecular weight excluding hydrogens is 318 g/mol. The number of nitrogens with one attached hydrogen (secondary N) is 1. The molecule has 2 aliphatic heterocycles. The molecule has 1 atom stereocenters. The summed E-state index contributed by atoms with van der Waals surface area (Å²) in [5.74, 6) is 0.231. The lowest BCUT2D eigenvalue weighted by Gasteiger charge is -2.34. The molecule has 2 aliphatic rings. The van der Waals surface area contributed by atoms with Gasteiger partial charge >= 0.3 is 6.09 Å². The topological polar surface area (TPSA) is 61.9 Å². The van der Waals surface area contributed by atoms with Crippen LogP contribution < -0.4 is 5.32 Å². The molecule has 0 aromatic heterocycles. The first-order chi connectivity index (χ1) is 12.1. The fourth-order valence-corrected chi connectivity index (χ4v) is 3.56. The maximum atomic E-state index is 12.6. The second kappa shape index (κ2) is 8.34. The minimum atomic E-state index is -0.289. The minimum Gasteiger partial charge on any atom is -0.445 e. The Bertz CT molecular complexity index is 579. The fourth-order valence-electron chi connectivity index (χ4n) is 3.56. The van der Waals surface area contributed by atoms with Crippen LogP contribution in [0, 0.1) is 5.92 Å². The third-order valence-electron chi connectivity index (χ3n) is 5.24. The fraction of sp³-hybridized carbons (Fsp3) is 0.579. The van der Waals surface area contributed by atoms with E-state index in [1.165, 1.54) is 0 Å². The molecule has 25 heavy (non-hydrogen) atoms. The number of ether oxygens (including phenoxy) is 1. The van der Waals surface area contributed by atoms with E-state index in [0.717, 1.165) is 25.1 Å². The minimum absolute atomic E-state index is 0.0174. The van der Waals surface area contributed by atoms with Crippen LogP contribution in [0.2, 0.25) is 0 Å². The van der Waals surface area contributed by atoms with E-state index in [9.17, 15) is 9.59 Å². The first kappa shape index (κ1) is 17.7. The maximum Gasteiger partial charge on any atom is 0.410 e. The zero-order chi connectivity index (χ0) is 17.6. The number of amides is 2. The highest BCUT2D eigenvalue weighted by molar-refractivity contribution is 5.79. The Morgan fingerprint density at radius 2 is 1.92 bits per heavy atom. The lowest BCUT2D eigenvalue weighted by molar-refractivity contribution is -0.137. The summed E-state index contributed by atoms with van der Waals surface area (Å²) < 4.78 is 5.38. The molecule has 2 heterocycles. The Morgan fingerprint density at radius 3 is 2.56 bits per heavy atom. The second-order valence-corrected chi connectivity index (χ2v) is 6.90. The molecule has 0 aliphatic carbocycles. The van der Waals surface area contributed by atoms with Crippen LogP contribution in [0.4, 0.5) is 4.79 Å². The van der Waals surface area contributed by atoms with Crippen molar-refractivity contribution in [1.29, 1.82) is 0 Å².